The highest BCUT2D eigenvalue weighted by molar-refractivity contribution is 5.26. The average molecular weight is 220 g/mol. The molecule has 0 radical (unpaired) electrons. The molecule has 0 aromatic carbocycles. The molecule has 16 heavy (non-hydrogen) atoms. The Labute approximate surface area is 99.1 Å². The summed E-state index contributed by atoms with van der Waals surface area (Å²) >= 11 is 0. The second-order valence-electron chi connectivity index (χ2n) is 5.58. The molecule has 2 heteroatoms. The standard InChI is InChI=1S/C14H24N2/c1-6-11-7-8-12-15-13(9(2)3)14(10(4)5)16(11)12/h9-11H,6-8H2,1-5H3. The molecule has 0 fully saturated rings. The summed E-state index contributed by atoms with van der Waals surface area (Å²) in [5.41, 5.74) is 2.83. The first-order valence-corrected chi connectivity index (χ1v) is 6.67. The van der Waals surface area contributed by atoms with E-state index in [1.54, 1.807) is 0 Å². The van der Waals surface area contributed by atoms with E-state index < -0.39 is 0 Å². The quantitative estimate of drug-likeness (QED) is 0.752. The highest BCUT2D eigenvalue weighted by atomic mass is 15.1. The predicted molar refractivity (Wildman–Crippen MR) is 68.1 cm³/mol. The summed E-state index contributed by atoms with van der Waals surface area (Å²) in [4.78, 5) is 4.87. The van der Waals surface area contributed by atoms with Gasteiger partial charge in [0.15, 0.2) is 0 Å². The summed E-state index contributed by atoms with van der Waals surface area (Å²) in [6.07, 6.45) is 3.70. The molecule has 0 aliphatic carbocycles. The Bertz CT molecular complexity index is 374. The molecule has 0 bridgehead atoms. The van der Waals surface area contributed by atoms with Gasteiger partial charge in [0.1, 0.15) is 5.82 Å². The van der Waals surface area contributed by atoms with Gasteiger partial charge in [-0.3, -0.25) is 0 Å². The van der Waals surface area contributed by atoms with Crippen LogP contribution >= 0.6 is 0 Å². The van der Waals surface area contributed by atoms with Crippen molar-refractivity contribution in [2.75, 3.05) is 0 Å². The van der Waals surface area contributed by atoms with E-state index >= 15 is 0 Å². The molecule has 0 saturated carbocycles. The van der Waals surface area contributed by atoms with Crippen molar-refractivity contribution in [2.24, 2.45) is 0 Å². The van der Waals surface area contributed by atoms with E-state index in [2.05, 4.69) is 39.2 Å². The maximum atomic E-state index is 4.87. The van der Waals surface area contributed by atoms with Gasteiger partial charge in [-0.2, -0.15) is 0 Å². The lowest BCUT2D eigenvalue weighted by Gasteiger charge is -2.18. The Morgan fingerprint density at radius 3 is 2.44 bits per heavy atom. The van der Waals surface area contributed by atoms with Gasteiger partial charge in [0.2, 0.25) is 0 Å². The smallest absolute Gasteiger partial charge is 0.109 e. The van der Waals surface area contributed by atoms with Gasteiger partial charge in [0.05, 0.1) is 5.69 Å². The van der Waals surface area contributed by atoms with Crippen molar-refractivity contribution in [1.82, 2.24) is 9.55 Å². The van der Waals surface area contributed by atoms with Crippen molar-refractivity contribution in [1.29, 1.82) is 0 Å². The van der Waals surface area contributed by atoms with Crippen molar-refractivity contribution in [3.05, 3.63) is 17.2 Å². The lowest BCUT2D eigenvalue weighted by molar-refractivity contribution is 0.486. The third-order valence-corrected chi connectivity index (χ3v) is 3.68. The number of nitrogens with zero attached hydrogens (tertiary/aromatic N) is 2. The molecule has 0 amide bonds. The molecule has 0 saturated heterocycles. The molecule has 1 unspecified atom stereocenters. The molecule has 1 aliphatic heterocycles. The monoisotopic (exact) mass is 220 g/mol. The highest BCUT2D eigenvalue weighted by Crippen LogP contribution is 2.36. The minimum absolute atomic E-state index is 0.549. The third-order valence-electron chi connectivity index (χ3n) is 3.68. The van der Waals surface area contributed by atoms with Crippen molar-refractivity contribution in [3.63, 3.8) is 0 Å². The Morgan fingerprint density at radius 2 is 1.94 bits per heavy atom. The Morgan fingerprint density at radius 1 is 1.25 bits per heavy atom. The van der Waals surface area contributed by atoms with Gasteiger partial charge in [-0.25, -0.2) is 4.98 Å². The Balaban J connectivity index is 2.53. The molecule has 0 N–H and O–H groups in total. The molecule has 1 aliphatic rings. The first kappa shape index (κ1) is 11.7. The number of aromatic nitrogens is 2. The molecule has 1 aromatic rings. The lowest BCUT2D eigenvalue weighted by atomic mass is 10.00. The fourth-order valence-electron chi connectivity index (χ4n) is 2.91. The fraction of sp³-hybridized carbons (Fsp3) is 0.786. The van der Waals surface area contributed by atoms with Crippen LogP contribution in [0, 0.1) is 0 Å². The topological polar surface area (TPSA) is 17.8 Å². The molecule has 2 rings (SSSR count). The second kappa shape index (κ2) is 4.23. The van der Waals surface area contributed by atoms with Crippen LogP contribution in [-0.2, 0) is 6.42 Å². The normalized spacial score (nSPS) is 19.8. The van der Waals surface area contributed by atoms with Crippen LogP contribution in [0.15, 0.2) is 0 Å². The van der Waals surface area contributed by atoms with E-state index in [1.165, 1.54) is 36.5 Å². The molecule has 90 valence electrons. The number of imidazole rings is 1. The van der Waals surface area contributed by atoms with Crippen LogP contribution in [0.25, 0.3) is 0 Å². The van der Waals surface area contributed by atoms with Gasteiger partial charge in [0.25, 0.3) is 0 Å². The van der Waals surface area contributed by atoms with Crippen LogP contribution < -0.4 is 0 Å². The zero-order chi connectivity index (χ0) is 11.9. The largest absolute Gasteiger partial charge is 0.328 e. The zero-order valence-corrected chi connectivity index (χ0v) is 11.2. The van der Waals surface area contributed by atoms with E-state index in [-0.39, 0.29) is 0 Å². The van der Waals surface area contributed by atoms with Gasteiger partial charge >= 0.3 is 0 Å². The maximum absolute atomic E-state index is 4.87. The van der Waals surface area contributed by atoms with Gasteiger partial charge in [0, 0.05) is 18.2 Å². The number of rotatable bonds is 3. The zero-order valence-electron chi connectivity index (χ0n) is 11.2. The van der Waals surface area contributed by atoms with E-state index in [1.807, 2.05) is 0 Å². The summed E-state index contributed by atoms with van der Waals surface area (Å²) < 4.78 is 2.54. The molecular formula is C14H24N2. The van der Waals surface area contributed by atoms with Crippen LogP contribution in [0.5, 0.6) is 0 Å². The van der Waals surface area contributed by atoms with E-state index in [0.717, 1.165) is 0 Å². The van der Waals surface area contributed by atoms with Crippen molar-refractivity contribution >= 4 is 0 Å². The summed E-state index contributed by atoms with van der Waals surface area (Å²) in [6.45, 7) is 11.4. The summed E-state index contributed by atoms with van der Waals surface area (Å²) in [6, 6.07) is 0.701. The van der Waals surface area contributed by atoms with Gasteiger partial charge in [-0.1, -0.05) is 34.6 Å². The second-order valence-corrected chi connectivity index (χ2v) is 5.58. The molecule has 1 atom stereocenters. The van der Waals surface area contributed by atoms with E-state index in [4.69, 9.17) is 4.98 Å². The average Bonchev–Trinajstić information content (AvgIpc) is 2.73. The minimum atomic E-state index is 0.549. The number of hydrogen-bond donors (Lipinski definition) is 0. The van der Waals surface area contributed by atoms with Gasteiger partial charge < -0.3 is 4.57 Å². The van der Waals surface area contributed by atoms with Gasteiger partial charge in [-0.05, 0) is 24.7 Å². The number of hydrogen-bond acceptors (Lipinski definition) is 1. The van der Waals surface area contributed by atoms with Crippen LogP contribution in [-0.4, -0.2) is 9.55 Å². The lowest BCUT2D eigenvalue weighted by Crippen LogP contribution is -2.10. The number of aryl methyl sites for hydroxylation is 1. The highest BCUT2D eigenvalue weighted by Gasteiger charge is 2.29. The van der Waals surface area contributed by atoms with Crippen LogP contribution in [0.2, 0.25) is 0 Å². The summed E-state index contributed by atoms with van der Waals surface area (Å²) in [5, 5.41) is 0. The Kier molecular flexibility index (Phi) is 3.09. The van der Waals surface area contributed by atoms with E-state index in [0.29, 0.717) is 17.9 Å². The molecular weight excluding hydrogens is 196 g/mol. The predicted octanol–water partition coefficient (Wildman–Crippen LogP) is 4.03. The minimum Gasteiger partial charge on any atom is -0.328 e. The molecule has 0 spiro atoms. The van der Waals surface area contributed by atoms with Gasteiger partial charge in [-0.15, -0.1) is 0 Å². The summed E-state index contributed by atoms with van der Waals surface area (Å²) in [5.74, 6) is 2.47. The number of fused-ring (bicyclic) bond motifs is 1. The van der Waals surface area contributed by atoms with Crippen molar-refractivity contribution in [3.8, 4) is 0 Å². The third kappa shape index (κ3) is 1.68. The summed E-state index contributed by atoms with van der Waals surface area (Å²) in [7, 11) is 0. The first-order valence-electron chi connectivity index (χ1n) is 6.67. The van der Waals surface area contributed by atoms with Crippen LogP contribution in [0.3, 0.4) is 0 Å². The van der Waals surface area contributed by atoms with Crippen LogP contribution in [0.4, 0.5) is 0 Å². The van der Waals surface area contributed by atoms with Crippen LogP contribution in [0.1, 0.15) is 82.6 Å². The molecule has 2 heterocycles. The molecule has 1 aromatic heterocycles. The SMILES string of the molecule is CCC1CCc2nc(C(C)C)c(C(C)C)n21. The molecule has 2 nitrogen and oxygen atoms in total. The Hall–Kier alpha value is -0.790. The van der Waals surface area contributed by atoms with E-state index in [9.17, 15) is 0 Å². The fourth-order valence-corrected chi connectivity index (χ4v) is 2.91. The van der Waals surface area contributed by atoms with Crippen molar-refractivity contribution < 1.29 is 0 Å². The maximum Gasteiger partial charge on any atom is 0.109 e. The van der Waals surface area contributed by atoms with Crippen molar-refractivity contribution in [2.45, 2.75) is 71.8 Å². The first-order chi connectivity index (χ1) is 7.56.